The molecule has 1 N–H and O–H groups in total. The SMILES string of the molecule is COc1ccc2c(c1)C(O)CCN2C(=O)c1cc(OC)c(OC)c(OC)c1. The highest BCUT2D eigenvalue weighted by Gasteiger charge is 2.30. The van der Waals surface area contributed by atoms with E-state index in [0.29, 0.717) is 52.8 Å². The molecule has 144 valence electrons. The summed E-state index contributed by atoms with van der Waals surface area (Å²) < 4.78 is 21.2. The van der Waals surface area contributed by atoms with Crippen LogP contribution in [0.4, 0.5) is 5.69 Å². The second-order valence-corrected chi connectivity index (χ2v) is 6.10. The zero-order valence-electron chi connectivity index (χ0n) is 15.8. The summed E-state index contributed by atoms with van der Waals surface area (Å²) in [6.45, 7) is 0.399. The number of hydrogen-bond donors (Lipinski definition) is 1. The summed E-state index contributed by atoms with van der Waals surface area (Å²) in [5.74, 6) is 1.66. The lowest BCUT2D eigenvalue weighted by Crippen LogP contribution is -2.36. The third-order valence-electron chi connectivity index (χ3n) is 4.67. The number of nitrogens with zero attached hydrogens (tertiary/aromatic N) is 1. The molecule has 7 heteroatoms. The number of amides is 1. The minimum absolute atomic E-state index is 0.215. The number of carbonyl (C=O) groups is 1. The third kappa shape index (κ3) is 3.38. The molecule has 1 heterocycles. The van der Waals surface area contributed by atoms with E-state index in [1.165, 1.54) is 21.3 Å². The van der Waals surface area contributed by atoms with Gasteiger partial charge in [0.15, 0.2) is 11.5 Å². The molecule has 0 aliphatic carbocycles. The van der Waals surface area contributed by atoms with Gasteiger partial charge in [-0.05, 0) is 36.8 Å². The van der Waals surface area contributed by atoms with Gasteiger partial charge in [-0.1, -0.05) is 0 Å². The second kappa shape index (κ2) is 7.75. The van der Waals surface area contributed by atoms with Gasteiger partial charge in [0.25, 0.3) is 5.91 Å². The molecular formula is C20H23NO6. The molecule has 1 atom stereocenters. The van der Waals surface area contributed by atoms with Crippen LogP contribution in [-0.4, -0.2) is 46.0 Å². The Morgan fingerprint density at radius 3 is 2.22 bits per heavy atom. The van der Waals surface area contributed by atoms with E-state index >= 15 is 0 Å². The molecule has 1 aliphatic heterocycles. The first kappa shape index (κ1) is 18.8. The number of anilines is 1. The second-order valence-electron chi connectivity index (χ2n) is 6.10. The first-order valence-corrected chi connectivity index (χ1v) is 8.51. The summed E-state index contributed by atoms with van der Waals surface area (Å²) in [5.41, 5.74) is 1.73. The van der Waals surface area contributed by atoms with Gasteiger partial charge in [0, 0.05) is 17.7 Å². The lowest BCUT2D eigenvalue weighted by molar-refractivity contribution is 0.0969. The summed E-state index contributed by atoms with van der Waals surface area (Å²) in [5, 5.41) is 10.3. The van der Waals surface area contributed by atoms with Crippen LogP contribution in [0, 0.1) is 0 Å². The lowest BCUT2D eigenvalue weighted by Gasteiger charge is -2.32. The van der Waals surface area contributed by atoms with E-state index in [0.717, 1.165) is 0 Å². The standard InChI is InChI=1S/C20H23NO6/c1-24-13-5-6-15-14(11-13)16(22)7-8-21(15)20(23)12-9-17(25-2)19(27-4)18(10-12)26-3/h5-6,9-11,16,22H,7-8H2,1-4H3. The maximum atomic E-state index is 13.2. The highest BCUT2D eigenvalue weighted by atomic mass is 16.5. The van der Waals surface area contributed by atoms with E-state index in [1.807, 2.05) is 0 Å². The van der Waals surface area contributed by atoms with Crippen LogP contribution in [0.1, 0.15) is 28.4 Å². The van der Waals surface area contributed by atoms with Crippen molar-refractivity contribution >= 4 is 11.6 Å². The number of carbonyl (C=O) groups excluding carboxylic acids is 1. The average Bonchev–Trinajstić information content (AvgIpc) is 2.72. The van der Waals surface area contributed by atoms with Crippen molar-refractivity contribution in [2.45, 2.75) is 12.5 Å². The Morgan fingerprint density at radius 2 is 1.67 bits per heavy atom. The number of methoxy groups -OCH3 is 4. The molecular weight excluding hydrogens is 350 g/mol. The van der Waals surface area contributed by atoms with Crippen molar-refractivity contribution in [3.63, 3.8) is 0 Å². The molecule has 0 fully saturated rings. The average molecular weight is 373 g/mol. The van der Waals surface area contributed by atoms with E-state index in [9.17, 15) is 9.90 Å². The zero-order chi connectivity index (χ0) is 19.6. The van der Waals surface area contributed by atoms with Gasteiger partial charge >= 0.3 is 0 Å². The van der Waals surface area contributed by atoms with Crippen LogP contribution >= 0.6 is 0 Å². The number of benzene rings is 2. The molecule has 27 heavy (non-hydrogen) atoms. The fourth-order valence-electron chi connectivity index (χ4n) is 3.27. The fourth-order valence-corrected chi connectivity index (χ4v) is 3.27. The van der Waals surface area contributed by atoms with Crippen LogP contribution in [0.2, 0.25) is 0 Å². The van der Waals surface area contributed by atoms with Gasteiger partial charge in [0.05, 0.1) is 40.2 Å². The highest BCUT2D eigenvalue weighted by molar-refractivity contribution is 6.07. The van der Waals surface area contributed by atoms with Gasteiger partial charge in [0.2, 0.25) is 5.75 Å². The Balaban J connectivity index is 2.03. The first-order chi connectivity index (χ1) is 13.0. The van der Waals surface area contributed by atoms with E-state index < -0.39 is 6.10 Å². The van der Waals surface area contributed by atoms with Gasteiger partial charge < -0.3 is 29.0 Å². The van der Waals surface area contributed by atoms with Crippen molar-refractivity contribution in [1.29, 1.82) is 0 Å². The molecule has 1 unspecified atom stereocenters. The minimum atomic E-state index is -0.640. The molecule has 0 saturated carbocycles. The summed E-state index contributed by atoms with van der Waals surface area (Å²) in [6, 6.07) is 8.56. The molecule has 2 aromatic carbocycles. The molecule has 7 nitrogen and oxygen atoms in total. The summed E-state index contributed by atoms with van der Waals surface area (Å²) in [7, 11) is 6.09. The maximum Gasteiger partial charge on any atom is 0.258 e. The maximum absolute atomic E-state index is 13.2. The molecule has 0 aromatic heterocycles. The van der Waals surface area contributed by atoms with Gasteiger partial charge in [-0.3, -0.25) is 4.79 Å². The van der Waals surface area contributed by atoms with Crippen LogP contribution in [0.15, 0.2) is 30.3 Å². The molecule has 2 aromatic rings. The number of aliphatic hydroxyl groups excluding tert-OH is 1. The van der Waals surface area contributed by atoms with E-state index in [-0.39, 0.29) is 5.91 Å². The number of aliphatic hydroxyl groups is 1. The quantitative estimate of drug-likeness (QED) is 0.868. The third-order valence-corrected chi connectivity index (χ3v) is 4.67. The van der Waals surface area contributed by atoms with Crippen molar-refractivity contribution in [2.24, 2.45) is 0 Å². The van der Waals surface area contributed by atoms with Crippen LogP contribution in [0.25, 0.3) is 0 Å². The van der Waals surface area contributed by atoms with Gasteiger partial charge in [-0.25, -0.2) is 0 Å². The van der Waals surface area contributed by atoms with Crippen LogP contribution < -0.4 is 23.8 Å². The molecule has 0 spiro atoms. The monoisotopic (exact) mass is 373 g/mol. The highest BCUT2D eigenvalue weighted by Crippen LogP contribution is 2.40. The Bertz CT molecular complexity index is 825. The number of rotatable bonds is 5. The Kier molecular flexibility index (Phi) is 5.41. The van der Waals surface area contributed by atoms with Gasteiger partial charge in [0.1, 0.15) is 5.75 Å². The molecule has 0 radical (unpaired) electrons. The molecule has 0 bridgehead atoms. The summed E-state index contributed by atoms with van der Waals surface area (Å²) >= 11 is 0. The Morgan fingerprint density at radius 1 is 1.00 bits per heavy atom. The first-order valence-electron chi connectivity index (χ1n) is 8.51. The normalized spacial score (nSPS) is 15.7. The number of fused-ring (bicyclic) bond motifs is 1. The zero-order valence-corrected chi connectivity index (χ0v) is 15.8. The van der Waals surface area contributed by atoms with Crippen LogP contribution in [0.5, 0.6) is 23.0 Å². The van der Waals surface area contributed by atoms with Crippen molar-refractivity contribution < 1.29 is 28.8 Å². The Hall–Kier alpha value is -2.93. The number of hydrogen-bond acceptors (Lipinski definition) is 6. The van der Waals surface area contributed by atoms with E-state index in [4.69, 9.17) is 18.9 Å². The smallest absolute Gasteiger partial charge is 0.258 e. The van der Waals surface area contributed by atoms with Crippen LogP contribution in [0.3, 0.4) is 0 Å². The van der Waals surface area contributed by atoms with Crippen LogP contribution in [-0.2, 0) is 0 Å². The van der Waals surface area contributed by atoms with E-state index in [1.54, 1.807) is 42.3 Å². The Labute approximate surface area is 158 Å². The molecule has 1 aliphatic rings. The summed E-state index contributed by atoms with van der Waals surface area (Å²) in [6.07, 6.45) is -0.199. The minimum Gasteiger partial charge on any atom is -0.497 e. The molecule has 0 saturated heterocycles. The predicted molar refractivity (Wildman–Crippen MR) is 100 cm³/mol. The lowest BCUT2D eigenvalue weighted by atomic mass is 9.97. The molecule has 1 amide bonds. The topological polar surface area (TPSA) is 77.5 Å². The van der Waals surface area contributed by atoms with Crippen molar-refractivity contribution in [1.82, 2.24) is 0 Å². The largest absolute Gasteiger partial charge is 0.497 e. The van der Waals surface area contributed by atoms with Gasteiger partial charge in [-0.2, -0.15) is 0 Å². The van der Waals surface area contributed by atoms with Gasteiger partial charge in [-0.15, -0.1) is 0 Å². The van der Waals surface area contributed by atoms with Crippen molar-refractivity contribution in [3.05, 3.63) is 41.5 Å². The molecule has 3 rings (SSSR count). The van der Waals surface area contributed by atoms with Crippen molar-refractivity contribution in [3.8, 4) is 23.0 Å². The van der Waals surface area contributed by atoms with E-state index in [2.05, 4.69) is 0 Å². The predicted octanol–water partition coefficient (Wildman–Crippen LogP) is 2.80. The fraction of sp³-hybridized carbons (Fsp3) is 0.350. The summed E-state index contributed by atoms with van der Waals surface area (Å²) in [4.78, 5) is 14.9. The van der Waals surface area contributed by atoms with Crippen molar-refractivity contribution in [2.75, 3.05) is 39.9 Å². The number of ether oxygens (including phenoxy) is 4.